The molecule has 0 radical (unpaired) electrons. The maximum absolute atomic E-state index is 14.0. The van der Waals surface area contributed by atoms with Gasteiger partial charge in [0.05, 0.1) is 30.9 Å². The third-order valence-corrected chi connectivity index (χ3v) is 9.52. The fraction of sp³-hybridized carbons (Fsp3) is 0.353. The summed E-state index contributed by atoms with van der Waals surface area (Å²) in [6.45, 7) is 6.33. The summed E-state index contributed by atoms with van der Waals surface area (Å²) in [5, 5.41) is 16.1. The van der Waals surface area contributed by atoms with Crippen LogP contribution in [0.5, 0.6) is 0 Å². The first-order valence-corrected chi connectivity index (χ1v) is 16.4. The number of halogens is 2. The predicted octanol–water partition coefficient (Wildman–Crippen LogP) is 4.15. The van der Waals surface area contributed by atoms with E-state index in [2.05, 4.69) is 27.0 Å². The number of thiazole rings is 1. The minimum atomic E-state index is -0.924. The Morgan fingerprint density at radius 2 is 2.00 bits per heavy atom. The second kappa shape index (κ2) is 13.4. The Morgan fingerprint density at radius 3 is 2.68 bits per heavy atom. The van der Waals surface area contributed by atoms with E-state index in [1.807, 2.05) is 34.5 Å². The Bertz CT molecular complexity index is 1800. The molecule has 3 aliphatic heterocycles. The smallest absolute Gasteiger partial charge is 0.338 e. The quantitative estimate of drug-likeness (QED) is 0.286. The van der Waals surface area contributed by atoms with E-state index in [0.717, 1.165) is 11.1 Å². The van der Waals surface area contributed by atoms with Gasteiger partial charge in [0.1, 0.15) is 11.9 Å². The number of aliphatic imine (C=N–C) groups is 1. The lowest BCUT2D eigenvalue weighted by Crippen LogP contribution is -2.53. The highest BCUT2D eigenvalue weighted by Gasteiger charge is 2.41. The van der Waals surface area contributed by atoms with Gasteiger partial charge in [-0.2, -0.15) is 0 Å². The molecule has 3 aliphatic rings. The second-order valence-electron chi connectivity index (χ2n) is 12.1. The summed E-state index contributed by atoms with van der Waals surface area (Å²) in [5.74, 6) is 5.64. The molecule has 3 aromatic rings. The molecule has 6 rings (SSSR count). The van der Waals surface area contributed by atoms with Crippen LogP contribution in [0.25, 0.3) is 0 Å². The number of rotatable bonds is 7. The first-order valence-electron chi connectivity index (χ1n) is 15.1. The van der Waals surface area contributed by atoms with Crippen molar-refractivity contribution in [1.82, 2.24) is 25.0 Å². The van der Waals surface area contributed by atoms with Crippen LogP contribution in [0.4, 0.5) is 9.18 Å². The van der Waals surface area contributed by atoms with Crippen molar-refractivity contribution in [3.05, 3.63) is 97.8 Å². The van der Waals surface area contributed by atoms with E-state index in [4.69, 9.17) is 21.3 Å². The van der Waals surface area contributed by atoms with Gasteiger partial charge in [0.15, 0.2) is 10.8 Å². The van der Waals surface area contributed by atoms with Crippen molar-refractivity contribution in [2.45, 2.75) is 31.5 Å². The van der Waals surface area contributed by atoms with E-state index in [1.165, 1.54) is 36.6 Å². The summed E-state index contributed by atoms with van der Waals surface area (Å²) in [6, 6.07) is 10.5. The number of methoxy groups -OCH3 is 1. The number of nitrogens with one attached hydrogen (secondary N) is 1. The number of fused-ring (bicyclic) bond motifs is 1. The Kier molecular flexibility index (Phi) is 9.34. The molecule has 2 fully saturated rings. The first-order chi connectivity index (χ1) is 22.5. The minimum absolute atomic E-state index is 0.0456. The number of carbonyl (C=O) groups is 2. The van der Waals surface area contributed by atoms with Crippen molar-refractivity contribution in [1.29, 1.82) is 0 Å². The van der Waals surface area contributed by atoms with Gasteiger partial charge in [-0.15, -0.1) is 11.3 Å². The number of aliphatic hydroxyl groups is 1. The number of urea groups is 1. The maximum atomic E-state index is 14.0. The number of ether oxygens (including phenoxy) is 1. The first kappa shape index (κ1) is 32.7. The second-order valence-corrected chi connectivity index (χ2v) is 13.4. The zero-order chi connectivity index (χ0) is 33.3. The van der Waals surface area contributed by atoms with Crippen molar-refractivity contribution >= 4 is 40.8 Å². The van der Waals surface area contributed by atoms with Gasteiger partial charge >= 0.3 is 12.0 Å². The number of carbonyl (C=O) groups excluding carboxylic acids is 2. The Hall–Kier alpha value is -4.28. The molecular weight excluding hydrogens is 643 g/mol. The van der Waals surface area contributed by atoms with Gasteiger partial charge in [0.25, 0.3) is 0 Å². The number of hydrogen-bond donors (Lipinski definition) is 2. The largest absolute Gasteiger partial charge is 0.466 e. The van der Waals surface area contributed by atoms with Gasteiger partial charge in [0.2, 0.25) is 0 Å². The number of piperazine rings is 1. The van der Waals surface area contributed by atoms with Gasteiger partial charge in [-0.05, 0) is 43.7 Å². The third-order valence-electron chi connectivity index (χ3n) is 8.41. The number of amides is 2. The van der Waals surface area contributed by atoms with Crippen LogP contribution in [0.15, 0.2) is 70.3 Å². The zero-order valence-electron chi connectivity index (χ0n) is 26.2. The molecule has 0 aliphatic carbocycles. The molecule has 2 atom stereocenters. The topological polar surface area (TPSA) is 111 Å². The van der Waals surface area contributed by atoms with Crippen molar-refractivity contribution in [2.75, 3.05) is 46.4 Å². The molecule has 244 valence electrons. The molecule has 4 heterocycles. The molecule has 2 saturated heterocycles. The molecule has 2 N–H and O–H groups in total. The van der Waals surface area contributed by atoms with Gasteiger partial charge in [-0.3, -0.25) is 9.89 Å². The average Bonchev–Trinajstić information content (AvgIpc) is 3.69. The van der Waals surface area contributed by atoms with Crippen molar-refractivity contribution in [2.24, 2.45) is 4.99 Å². The number of nitrogens with zero attached hydrogens (tertiary/aromatic N) is 5. The highest BCUT2D eigenvalue weighted by Crippen LogP contribution is 2.37. The molecule has 0 saturated carbocycles. The normalized spacial score (nSPS) is 20.0. The molecule has 0 spiro atoms. The molecule has 2 amide bonds. The number of benzene rings is 2. The lowest BCUT2D eigenvalue weighted by Gasteiger charge is -2.38. The lowest BCUT2D eigenvalue weighted by atomic mass is 9.95. The molecule has 0 bridgehead atoms. The van der Waals surface area contributed by atoms with Gasteiger partial charge in [0, 0.05) is 66.1 Å². The van der Waals surface area contributed by atoms with E-state index in [0.29, 0.717) is 61.4 Å². The Balaban J connectivity index is 1.19. The highest BCUT2D eigenvalue weighted by molar-refractivity contribution is 7.11. The average molecular weight is 677 g/mol. The van der Waals surface area contributed by atoms with Crippen LogP contribution in [-0.4, -0.2) is 95.0 Å². The fourth-order valence-corrected chi connectivity index (χ4v) is 6.87. The molecule has 13 heteroatoms. The number of amidine groups is 1. The summed E-state index contributed by atoms with van der Waals surface area (Å²) in [7, 11) is 1.31. The highest BCUT2D eigenvalue weighted by atomic mass is 35.5. The number of hydrogen-bond acceptors (Lipinski definition) is 9. The maximum Gasteiger partial charge on any atom is 0.338 e. The zero-order valence-corrected chi connectivity index (χ0v) is 27.7. The molecular formula is C34H34ClFN6O4S. The van der Waals surface area contributed by atoms with Gasteiger partial charge in [-0.1, -0.05) is 41.6 Å². The van der Waals surface area contributed by atoms with E-state index in [-0.39, 0.29) is 22.7 Å². The number of esters is 1. The van der Waals surface area contributed by atoms with Crippen molar-refractivity contribution in [3.8, 4) is 11.8 Å². The SMILES string of the molecule is COC(=O)C1=C(CN2CCN3C(=O)N(CC#Cc4ccc(C(C)(C)O)cc4)CC3C2)NC(c2nccs2)=NC1c1ccc(F)cc1Cl. The number of aromatic nitrogens is 1. The lowest BCUT2D eigenvalue weighted by molar-refractivity contribution is -0.136. The van der Waals surface area contributed by atoms with Crippen LogP contribution in [0, 0.1) is 17.7 Å². The van der Waals surface area contributed by atoms with E-state index in [9.17, 15) is 19.1 Å². The predicted molar refractivity (Wildman–Crippen MR) is 177 cm³/mol. The van der Waals surface area contributed by atoms with Crippen LogP contribution >= 0.6 is 22.9 Å². The summed E-state index contributed by atoms with van der Waals surface area (Å²) in [6.07, 6.45) is 1.67. The van der Waals surface area contributed by atoms with Crippen LogP contribution in [0.2, 0.25) is 5.02 Å². The third kappa shape index (κ3) is 7.04. The van der Waals surface area contributed by atoms with Gasteiger partial charge in [-0.25, -0.2) is 19.0 Å². The van der Waals surface area contributed by atoms with Crippen LogP contribution in [0.1, 0.15) is 41.6 Å². The summed E-state index contributed by atoms with van der Waals surface area (Å²) >= 11 is 7.88. The Labute approximate surface area is 281 Å². The summed E-state index contributed by atoms with van der Waals surface area (Å²) in [4.78, 5) is 41.5. The summed E-state index contributed by atoms with van der Waals surface area (Å²) < 4.78 is 19.2. The fourth-order valence-electron chi connectivity index (χ4n) is 6.01. The molecule has 2 unspecified atom stereocenters. The molecule has 2 aromatic carbocycles. The van der Waals surface area contributed by atoms with E-state index in [1.54, 1.807) is 24.9 Å². The Morgan fingerprint density at radius 1 is 1.21 bits per heavy atom. The van der Waals surface area contributed by atoms with Gasteiger partial charge < -0.3 is 25.0 Å². The van der Waals surface area contributed by atoms with Crippen LogP contribution in [-0.2, 0) is 15.1 Å². The standard InChI is InChI=1S/C34H34ClFN6O4S/c1-34(2,45)22-8-6-21(7-9-22)5-4-13-41-19-24-18-40(14-15-42(24)33(41)44)20-27-28(32(43)46-3)29(25-11-10-23(36)17-26(25)35)39-30(38-27)31-37-12-16-47-31/h6-12,16-17,24,29,45H,13-15,18-20H2,1-3H3,(H,38,39). The van der Waals surface area contributed by atoms with E-state index < -0.39 is 23.4 Å². The summed E-state index contributed by atoms with van der Waals surface area (Å²) in [5.41, 5.74) is 2.02. The molecule has 10 nitrogen and oxygen atoms in total. The molecule has 1 aromatic heterocycles. The van der Waals surface area contributed by atoms with E-state index >= 15 is 0 Å². The molecule has 47 heavy (non-hydrogen) atoms. The van der Waals surface area contributed by atoms with Crippen LogP contribution < -0.4 is 5.32 Å². The van der Waals surface area contributed by atoms with Crippen LogP contribution in [0.3, 0.4) is 0 Å². The minimum Gasteiger partial charge on any atom is -0.466 e. The van der Waals surface area contributed by atoms with Crippen molar-refractivity contribution < 1.29 is 23.8 Å². The monoisotopic (exact) mass is 676 g/mol. The van der Waals surface area contributed by atoms with Crippen molar-refractivity contribution in [3.63, 3.8) is 0 Å².